The molecule has 0 bridgehead atoms. The highest BCUT2D eigenvalue weighted by atomic mass is 35.5. The lowest BCUT2D eigenvalue weighted by atomic mass is 10.1. The summed E-state index contributed by atoms with van der Waals surface area (Å²) in [4.78, 5) is 12.2. The van der Waals surface area contributed by atoms with Crippen molar-refractivity contribution < 1.29 is 17.6 Å². The molecule has 1 fully saturated rings. The molecular weight excluding hydrogens is 352 g/mol. The van der Waals surface area contributed by atoms with Crippen LogP contribution in [0.25, 0.3) is 0 Å². The summed E-state index contributed by atoms with van der Waals surface area (Å²) >= 11 is 5.80. The first-order chi connectivity index (χ1) is 11.5. The number of halogens is 1. The number of hydrogen-bond acceptors (Lipinski definition) is 4. The maximum atomic E-state index is 12.6. The van der Waals surface area contributed by atoms with Gasteiger partial charge in [0.05, 0.1) is 11.2 Å². The number of nitrogens with zero attached hydrogens (tertiary/aromatic N) is 1. The zero-order valence-corrected chi connectivity index (χ0v) is 14.4. The Bertz CT molecular complexity index is 795. The average Bonchev–Trinajstić information content (AvgIpc) is 3.10. The molecule has 0 spiro atoms. The highest BCUT2D eigenvalue weighted by Gasteiger charge is 2.30. The maximum absolute atomic E-state index is 12.6. The van der Waals surface area contributed by atoms with Gasteiger partial charge in [-0.25, -0.2) is 8.42 Å². The van der Waals surface area contributed by atoms with E-state index in [1.807, 2.05) is 0 Å². The van der Waals surface area contributed by atoms with Crippen molar-refractivity contribution in [2.24, 2.45) is 0 Å². The predicted octanol–water partition coefficient (Wildman–Crippen LogP) is 2.52. The maximum Gasteiger partial charge on any atom is 0.287 e. The van der Waals surface area contributed by atoms with Gasteiger partial charge in [-0.1, -0.05) is 11.6 Å². The van der Waals surface area contributed by atoms with Gasteiger partial charge in [0.2, 0.25) is 10.0 Å². The smallest absolute Gasteiger partial charge is 0.287 e. The molecule has 6 nitrogen and oxygen atoms in total. The number of amides is 1. The van der Waals surface area contributed by atoms with E-state index in [9.17, 15) is 13.2 Å². The van der Waals surface area contributed by atoms with Crippen molar-refractivity contribution in [2.75, 3.05) is 13.1 Å². The third-order valence-corrected chi connectivity index (χ3v) is 6.15. The van der Waals surface area contributed by atoms with Crippen molar-refractivity contribution in [2.45, 2.75) is 23.8 Å². The lowest BCUT2D eigenvalue weighted by molar-refractivity contribution is 0.0895. The molecule has 0 unspecified atom stereocenters. The Labute approximate surface area is 145 Å². The van der Waals surface area contributed by atoms with E-state index in [0.717, 1.165) is 0 Å². The van der Waals surface area contributed by atoms with Crippen LogP contribution in [0.5, 0.6) is 0 Å². The fourth-order valence-electron chi connectivity index (χ4n) is 2.66. The van der Waals surface area contributed by atoms with Crippen molar-refractivity contribution in [1.29, 1.82) is 0 Å². The number of piperidine rings is 1. The number of sulfonamides is 1. The number of benzene rings is 1. The van der Waals surface area contributed by atoms with Crippen LogP contribution in [0.1, 0.15) is 23.4 Å². The molecule has 1 aromatic heterocycles. The molecule has 2 aromatic rings. The van der Waals surface area contributed by atoms with E-state index >= 15 is 0 Å². The van der Waals surface area contributed by atoms with Gasteiger partial charge in [0.1, 0.15) is 0 Å². The first-order valence-corrected chi connectivity index (χ1v) is 9.39. The van der Waals surface area contributed by atoms with Crippen LogP contribution in [-0.2, 0) is 10.0 Å². The van der Waals surface area contributed by atoms with E-state index in [2.05, 4.69) is 5.32 Å². The Kier molecular flexibility index (Phi) is 4.93. The monoisotopic (exact) mass is 368 g/mol. The minimum absolute atomic E-state index is 0.0701. The molecule has 0 saturated carbocycles. The molecule has 1 N–H and O–H groups in total. The van der Waals surface area contributed by atoms with Crippen LogP contribution in [0.4, 0.5) is 0 Å². The summed E-state index contributed by atoms with van der Waals surface area (Å²) in [5, 5.41) is 3.36. The van der Waals surface area contributed by atoms with E-state index in [4.69, 9.17) is 16.0 Å². The van der Waals surface area contributed by atoms with Gasteiger partial charge in [-0.05, 0) is 49.2 Å². The van der Waals surface area contributed by atoms with Crippen LogP contribution in [-0.4, -0.2) is 37.8 Å². The van der Waals surface area contributed by atoms with E-state index in [1.165, 1.54) is 22.7 Å². The molecule has 24 heavy (non-hydrogen) atoms. The number of carbonyl (C=O) groups is 1. The molecule has 1 aliphatic heterocycles. The molecule has 0 radical (unpaired) electrons. The second kappa shape index (κ2) is 6.96. The highest BCUT2D eigenvalue weighted by Crippen LogP contribution is 2.22. The molecular formula is C16H17ClN2O4S. The van der Waals surface area contributed by atoms with Crippen LogP contribution in [0, 0.1) is 0 Å². The molecule has 1 saturated heterocycles. The summed E-state index contributed by atoms with van der Waals surface area (Å²) in [7, 11) is -3.53. The standard InChI is InChI=1S/C16H17ClN2O4S/c17-12-3-5-14(6-4-12)24(21,22)19-9-7-13(8-10-19)18-16(20)15-2-1-11-23-15/h1-6,11,13H,7-10H2,(H,18,20). The fraction of sp³-hybridized carbons (Fsp3) is 0.312. The number of nitrogens with one attached hydrogen (secondary N) is 1. The van der Waals surface area contributed by atoms with Gasteiger partial charge in [0.25, 0.3) is 5.91 Å². The van der Waals surface area contributed by atoms with E-state index in [1.54, 1.807) is 24.3 Å². The SMILES string of the molecule is O=C(NC1CCN(S(=O)(=O)c2ccc(Cl)cc2)CC1)c1ccco1. The molecule has 2 heterocycles. The first-order valence-electron chi connectivity index (χ1n) is 7.57. The van der Waals surface area contributed by atoms with Crippen molar-refractivity contribution in [3.63, 3.8) is 0 Å². The summed E-state index contributed by atoms with van der Waals surface area (Å²) in [6.45, 7) is 0.710. The van der Waals surface area contributed by atoms with Crippen LogP contribution in [0.15, 0.2) is 52.0 Å². The Balaban J connectivity index is 1.60. The Morgan fingerprint density at radius 1 is 1.17 bits per heavy atom. The van der Waals surface area contributed by atoms with Crippen molar-refractivity contribution in [1.82, 2.24) is 9.62 Å². The van der Waals surface area contributed by atoms with Crippen LogP contribution >= 0.6 is 11.6 Å². The van der Waals surface area contributed by atoms with Gasteiger partial charge in [0.15, 0.2) is 5.76 Å². The van der Waals surface area contributed by atoms with E-state index in [0.29, 0.717) is 31.0 Å². The number of furan rings is 1. The normalized spacial score (nSPS) is 16.9. The number of carbonyl (C=O) groups excluding carboxylic acids is 1. The summed E-state index contributed by atoms with van der Waals surface area (Å²) in [5.74, 6) is -0.0229. The second-order valence-corrected chi connectivity index (χ2v) is 7.96. The largest absolute Gasteiger partial charge is 0.459 e. The quantitative estimate of drug-likeness (QED) is 0.899. The van der Waals surface area contributed by atoms with Gasteiger partial charge >= 0.3 is 0 Å². The van der Waals surface area contributed by atoms with Gasteiger partial charge < -0.3 is 9.73 Å². The molecule has 1 amide bonds. The van der Waals surface area contributed by atoms with E-state index < -0.39 is 10.0 Å². The Morgan fingerprint density at radius 3 is 2.42 bits per heavy atom. The topological polar surface area (TPSA) is 79.6 Å². The Hall–Kier alpha value is -1.83. The van der Waals surface area contributed by atoms with Gasteiger partial charge in [-0.2, -0.15) is 4.31 Å². The van der Waals surface area contributed by atoms with E-state index in [-0.39, 0.29) is 22.6 Å². The van der Waals surface area contributed by atoms with Crippen molar-refractivity contribution in [3.8, 4) is 0 Å². The number of hydrogen-bond donors (Lipinski definition) is 1. The fourth-order valence-corrected chi connectivity index (χ4v) is 4.26. The zero-order valence-electron chi connectivity index (χ0n) is 12.8. The summed E-state index contributed by atoms with van der Waals surface area (Å²) in [6, 6.07) is 9.30. The molecule has 128 valence electrons. The van der Waals surface area contributed by atoms with Crippen LogP contribution < -0.4 is 5.32 Å². The lowest BCUT2D eigenvalue weighted by Gasteiger charge is -2.31. The van der Waals surface area contributed by atoms with Gasteiger partial charge in [-0.3, -0.25) is 4.79 Å². The first kappa shape index (κ1) is 17.0. The molecule has 1 aromatic carbocycles. The van der Waals surface area contributed by atoms with Crippen molar-refractivity contribution >= 4 is 27.5 Å². The van der Waals surface area contributed by atoms with Crippen LogP contribution in [0.3, 0.4) is 0 Å². The van der Waals surface area contributed by atoms with Crippen molar-refractivity contribution in [3.05, 3.63) is 53.4 Å². The number of rotatable bonds is 4. The predicted molar refractivity (Wildman–Crippen MR) is 89.4 cm³/mol. The van der Waals surface area contributed by atoms with Gasteiger partial charge in [-0.15, -0.1) is 0 Å². The van der Waals surface area contributed by atoms with Crippen LogP contribution in [0.2, 0.25) is 5.02 Å². The molecule has 1 aliphatic rings. The molecule has 3 rings (SSSR count). The summed E-state index contributed by atoms with van der Waals surface area (Å²) in [6.07, 6.45) is 2.55. The lowest BCUT2D eigenvalue weighted by Crippen LogP contribution is -2.46. The zero-order chi connectivity index (χ0) is 17.2. The summed E-state index contributed by atoms with van der Waals surface area (Å²) in [5.41, 5.74) is 0. The Morgan fingerprint density at radius 2 is 1.83 bits per heavy atom. The average molecular weight is 369 g/mol. The minimum atomic E-state index is -3.53. The minimum Gasteiger partial charge on any atom is -0.459 e. The third-order valence-electron chi connectivity index (χ3n) is 3.99. The molecule has 0 atom stereocenters. The highest BCUT2D eigenvalue weighted by molar-refractivity contribution is 7.89. The second-order valence-electron chi connectivity index (χ2n) is 5.58. The molecule has 0 aliphatic carbocycles. The third kappa shape index (κ3) is 3.63. The van der Waals surface area contributed by atoms with Gasteiger partial charge in [0, 0.05) is 24.2 Å². The summed E-state index contributed by atoms with van der Waals surface area (Å²) < 4.78 is 31.7. The molecule has 8 heteroatoms.